The van der Waals surface area contributed by atoms with Gasteiger partial charge >= 0.3 is 11.6 Å². The normalized spacial score (nSPS) is 11.3. The molecule has 0 spiro atoms. The van der Waals surface area contributed by atoms with Crippen LogP contribution in [0.5, 0.6) is 0 Å². The van der Waals surface area contributed by atoms with Crippen LogP contribution in [-0.4, -0.2) is 30.5 Å². The highest BCUT2D eigenvalue weighted by atomic mass is 16.4. The fourth-order valence-corrected chi connectivity index (χ4v) is 2.58. The van der Waals surface area contributed by atoms with E-state index in [0.717, 1.165) is 16.6 Å². The first-order valence-corrected chi connectivity index (χ1v) is 8.28. The lowest BCUT2D eigenvalue weighted by atomic mass is 10.2. The van der Waals surface area contributed by atoms with Gasteiger partial charge in [0.1, 0.15) is 11.1 Å². The van der Waals surface area contributed by atoms with Gasteiger partial charge in [-0.3, -0.25) is 0 Å². The second kappa shape index (κ2) is 6.87. The van der Waals surface area contributed by atoms with Crippen molar-refractivity contribution in [1.29, 1.82) is 0 Å². The van der Waals surface area contributed by atoms with E-state index in [1.807, 2.05) is 55.4 Å². The van der Waals surface area contributed by atoms with Crippen molar-refractivity contribution in [2.75, 3.05) is 19.0 Å². The lowest BCUT2D eigenvalue weighted by molar-refractivity contribution is 0.546. The molecule has 0 saturated heterocycles. The molecule has 0 radical (unpaired) electrons. The number of fused-ring (bicyclic) bond motifs is 1. The molecule has 0 aliphatic heterocycles. The monoisotopic (exact) mass is 360 g/mol. The summed E-state index contributed by atoms with van der Waals surface area (Å²) in [7, 11) is 3.96. The van der Waals surface area contributed by atoms with Crippen molar-refractivity contribution in [2.24, 2.45) is 4.99 Å². The molecule has 2 aromatic heterocycles. The molecule has 134 valence electrons. The molecule has 0 bridgehead atoms. The van der Waals surface area contributed by atoms with E-state index in [1.165, 1.54) is 0 Å². The molecule has 7 heteroatoms. The summed E-state index contributed by atoms with van der Waals surface area (Å²) in [5, 5.41) is 8.55. The zero-order chi connectivity index (χ0) is 18.8. The lowest BCUT2D eigenvalue weighted by Gasteiger charge is -2.11. The quantitative estimate of drug-likeness (QED) is 0.408. The fraction of sp³-hybridized carbons (Fsp3) is 0.100. The van der Waals surface area contributed by atoms with E-state index in [0.29, 0.717) is 5.58 Å². The van der Waals surface area contributed by atoms with Gasteiger partial charge in [0.15, 0.2) is 0 Å². The van der Waals surface area contributed by atoms with Crippen LogP contribution in [0.1, 0.15) is 5.56 Å². The summed E-state index contributed by atoms with van der Waals surface area (Å²) >= 11 is 0. The van der Waals surface area contributed by atoms with Crippen LogP contribution in [0.4, 0.5) is 11.7 Å². The maximum Gasteiger partial charge on any atom is 0.349 e. The number of aromatic nitrogens is 2. The first-order valence-electron chi connectivity index (χ1n) is 8.28. The van der Waals surface area contributed by atoms with Gasteiger partial charge in [-0.1, -0.05) is 35.4 Å². The SMILES string of the molecule is CN(C)c1ccc(C=Nc2nnc(-c3cc4ccccc4oc3=O)o2)cc1. The highest BCUT2D eigenvalue weighted by Crippen LogP contribution is 2.22. The molecular weight excluding hydrogens is 344 g/mol. The van der Waals surface area contributed by atoms with Gasteiger partial charge in [-0.25, -0.2) is 9.79 Å². The van der Waals surface area contributed by atoms with Crippen molar-refractivity contribution in [3.05, 3.63) is 70.6 Å². The number of anilines is 1. The Morgan fingerprint density at radius 3 is 2.56 bits per heavy atom. The first-order chi connectivity index (χ1) is 13.1. The summed E-state index contributed by atoms with van der Waals surface area (Å²) in [4.78, 5) is 18.4. The molecule has 27 heavy (non-hydrogen) atoms. The van der Waals surface area contributed by atoms with Gasteiger partial charge < -0.3 is 13.7 Å². The predicted octanol–water partition coefficient (Wildman–Crippen LogP) is 3.66. The van der Waals surface area contributed by atoms with E-state index in [2.05, 4.69) is 15.2 Å². The molecule has 0 saturated carbocycles. The van der Waals surface area contributed by atoms with Crippen molar-refractivity contribution in [2.45, 2.75) is 0 Å². The average Bonchev–Trinajstić information content (AvgIpc) is 3.15. The number of nitrogens with zero attached hydrogens (tertiary/aromatic N) is 4. The van der Waals surface area contributed by atoms with Crippen molar-refractivity contribution < 1.29 is 8.83 Å². The van der Waals surface area contributed by atoms with Gasteiger partial charge in [0.2, 0.25) is 0 Å². The molecule has 4 aromatic rings. The van der Waals surface area contributed by atoms with Crippen LogP contribution < -0.4 is 10.5 Å². The van der Waals surface area contributed by atoms with Gasteiger partial charge in [-0.05, 0) is 29.8 Å². The zero-order valence-corrected chi connectivity index (χ0v) is 14.8. The molecule has 2 heterocycles. The van der Waals surface area contributed by atoms with Gasteiger partial charge in [0, 0.05) is 31.4 Å². The van der Waals surface area contributed by atoms with Crippen LogP contribution in [0.15, 0.2) is 73.2 Å². The Hall–Kier alpha value is -3.74. The minimum absolute atomic E-state index is 0.0641. The van der Waals surface area contributed by atoms with E-state index in [4.69, 9.17) is 8.83 Å². The van der Waals surface area contributed by atoms with Crippen molar-refractivity contribution in [1.82, 2.24) is 10.2 Å². The van der Waals surface area contributed by atoms with Crippen LogP contribution in [0, 0.1) is 0 Å². The van der Waals surface area contributed by atoms with Crippen molar-refractivity contribution >= 4 is 28.9 Å². The molecule has 2 aromatic carbocycles. The molecule has 7 nitrogen and oxygen atoms in total. The maximum atomic E-state index is 12.2. The Morgan fingerprint density at radius 2 is 1.78 bits per heavy atom. The van der Waals surface area contributed by atoms with Crippen LogP contribution >= 0.6 is 0 Å². The van der Waals surface area contributed by atoms with E-state index in [1.54, 1.807) is 24.4 Å². The summed E-state index contributed by atoms with van der Waals surface area (Å²) in [5.74, 6) is 0.0737. The van der Waals surface area contributed by atoms with Crippen LogP contribution in [-0.2, 0) is 0 Å². The third-order valence-electron chi connectivity index (χ3n) is 4.02. The second-order valence-electron chi connectivity index (χ2n) is 6.12. The highest BCUT2D eigenvalue weighted by molar-refractivity contribution is 5.82. The Balaban J connectivity index is 1.60. The smallest absolute Gasteiger partial charge is 0.349 e. The number of para-hydroxylation sites is 1. The maximum absolute atomic E-state index is 12.2. The first kappa shape index (κ1) is 16.7. The summed E-state index contributed by atoms with van der Waals surface area (Å²) in [6, 6.07) is 16.8. The highest BCUT2D eigenvalue weighted by Gasteiger charge is 2.14. The molecule has 0 aliphatic carbocycles. The van der Waals surface area contributed by atoms with E-state index < -0.39 is 5.63 Å². The summed E-state index contributed by atoms with van der Waals surface area (Å²) < 4.78 is 10.8. The molecule has 0 fully saturated rings. The molecule has 4 rings (SSSR count). The number of aliphatic imine (C=N–C) groups is 1. The third-order valence-corrected chi connectivity index (χ3v) is 4.02. The topological polar surface area (TPSA) is 84.7 Å². The fourth-order valence-electron chi connectivity index (χ4n) is 2.58. The zero-order valence-electron chi connectivity index (χ0n) is 14.8. The minimum Gasteiger partial charge on any atom is -0.422 e. The Kier molecular flexibility index (Phi) is 4.25. The molecule has 0 atom stereocenters. The Morgan fingerprint density at radius 1 is 1.00 bits per heavy atom. The number of rotatable bonds is 4. The lowest BCUT2D eigenvalue weighted by Crippen LogP contribution is -2.08. The molecule has 0 amide bonds. The summed E-state index contributed by atoms with van der Waals surface area (Å²) in [6.45, 7) is 0. The molecule has 0 unspecified atom stereocenters. The molecule has 0 aliphatic rings. The second-order valence-corrected chi connectivity index (χ2v) is 6.12. The molecular formula is C20H16N4O3. The standard InChI is InChI=1S/C20H16N4O3/c1-24(2)15-9-7-13(8-10-15)12-21-20-23-22-18(27-20)16-11-14-5-3-4-6-17(14)26-19(16)25/h3-12H,1-2H3. The number of benzene rings is 2. The summed E-state index contributed by atoms with van der Waals surface area (Å²) in [5.41, 5.74) is 2.16. The van der Waals surface area contributed by atoms with Gasteiger partial charge in [-0.2, -0.15) is 0 Å². The van der Waals surface area contributed by atoms with Crippen molar-refractivity contribution in [3.63, 3.8) is 0 Å². The van der Waals surface area contributed by atoms with Crippen molar-refractivity contribution in [3.8, 4) is 11.5 Å². The molecule has 0 N–H and O–H groups in total. The van der Waals surface area contributed by atoms with Crippen LogP contribution in [0.2, 0.25) is 0 Å². The predicted molar refractivity (Wildman–Crippen MR) is 104 cm³/mol. The Labute approximate surface area is 154 Å². The Bertz CT molecular complexity index is 1170. The minimum atomic E-state index is -0.535. The van der Waals surface area contributed by atoms with Crippen LogP contribution in [0.25, 0.3) is 22.4 Å². The van der Waals surface area contributed by atoms with Crippen LogP contribution in [0.3, 0.4) is 0 Å². The van der Waals surface area contributed by atoms with E-state index >= 15 is 0 Å². The average molecular weight is 360 g/mol. The van der Waals surface area contributed by atoms with Gasteiger partial charge in [-0.15, -0.1) is 5.10 Å². The van der Waals surface area contributed by atoms with Gasteiger partial charge in [0.25, 0.3) is 5.89 Å². The van der Waals surface area contributed by atoms with Gasteiger partial charge in [0.05, 0.1) is 0 Å². The largest absolute Gasteiger partial charge is 0.422 e. The summed E-state index contributed by atoms with van der Waals surface area (Å²) in [6.07, 6.45) is 1.62. The van der Waals surface area contributed by atoms with E-state index in [-0.39, 0.29) is 17.5 Å². The number of hydrogen-bond donors (Lipinski definition) is 0. The third kappa shape index (κ3) is 3.48. The van der Waals surface area contributed by atoms with E-state index in [9.17, 15) is 4.79 Å². The number of hydrogen-bond acceptors (Lipinski definition) is 7.